The molecule has 1 saturated carbocycles. The number of nitrogens with zero attached hydrogens (tertiary/aromatic N) is 3. The zero-order valence-corrected chi connectivity index (χ0v) is 16.1. The zero-order chi connectivity index (χ0) is 19.2. The van der Waals surface area contributed by atoms with E-state index in [1.807, 2.05) is 0 Å². The second-order valence-electron chi connectivity index (χ2n) is 6.90. The molecule has 1 aromatic carbocycles. The van der Waals surface area contributed by atoms with Crippen molar-refractivity contribution >= 4 is 15.4 Å². The maximum absolute atomic E-state index is 12.4. The van der Waals surface area contributed by atoms with Gasteiger partial charge in [-0.05, 0) is 37.0 Å². The molecule has 4 rings (SSSR count). The molecule has 2 heterocycles. The predicted octanol–water partition coefficient (Wildman–Crippen LogP) is 2.28. The standard InChI is InChI=1S/C19H21N3O4S/c1-3-27(24,25)14-6-7-18(26-11-13-4-5-13)15(8-14)17-10-21(2)19(23)16-9-20-12-22(16)17/h6-10,12-13H,3-5,11H2,1-2H3. The van der Waals surface area contributed by atoms with Gasteiger partial charge in [0, 0.05) is 18.8 Å². The number of ether oxygens (including phenoxy) is 1. The number of benzene rings is 1. The number of hydrogen-bond acceptors (Lipinski definition) is 5. The van der Waals surface area contributed by atoms with E-state index in [0.29, 0.717) is 35.0 Å². The van der Waals surface area contributed by atoms with E-state index in [0.717, 1.165) is 12.8 Å². The van der Waals surface area contributed by atoms with Crippen LogP contribution < -0.4 is 10.3 Å². The van der Waals surface area contributed by atoms with Crippen molar-refractivity contribution in [2.45, 2.75) is 24.7 Å². The maximum Gasteiger partial charge on any atom is 0.276 e. The van der Waals surface area contributed by atoms with E-state index in [-0.39, 0.29) is 16.2 Å². The van der Waals surface area contributed by atoms with E-state index in [1.165, 1.54) is 10.8 Å². The molecular formula is C19H21N3O4S. The minimum atomic E-state index is -3.37. The van der Waals surface area contributed by atoms with E-state index < -0.39 is 9.84 Å². The number of fused-ring (bicyclic) bond motifs is 1. The lowest BCUT2D eigenvalue weighted by molar-refractivity contribution is 0.300. The Morgan fingerprint density at radius 2 is 2.07 bits per heavy atom. The number of aryl methyl sites for hydroxylation is 1. The molecule has 0 N–H and O–H groups in total. The molecule has 0 radical (unpaired) electrons. The maximum atomic E-state index is 12.4. The molecule has 1 fully saturated rings. The average molecular weight is 387 g/mol. The fourth-order valence-corrected chi connectivity index (χ4v) is 3.92. The van der Waals surface area contributed by atoms with Crippen molar-refractivity contribution in [1.82, 2.24) is 14.0 Å². The highest BCUT2D eigenvalue weighted by atomic mass is 32.2. The van der Waals surface area contributed by atoms with Crippen LogP contribution in [0.5, 0.6) is 5.75 Å². The van der Waals surface area contributed by atoms with Crippen molar-refractivity contribution in [3.63, 3.8) is 0 Å². The van der Waals surface area contributed by atoms with Gasteiger partial charge in [-0.1, -0.05) is 6.92 Å². The van der Waals surface area contributed by atoms with Crippen LogP contribution >= 0.6 is 0 Å². The summed E-state index contributed by atoms with van der Waals surface area (Å²) in [4.78, 5) is 16.6. The molecule has 0 bridgehead atoms. The van der Waals surface area contributed by atoms with Crippen LogP contribution in [0, 0.1) is 5.92 Å². The zero-order valence-electron chi connectivity index (χ0n) is 15.3. The van der Waals surface area contributed by atoms with Crippen molar-refractivity contribution in [3.8, 4) is 17.0 Å². The Morgan fingerprint density at radius 1 is 1.30 bits per heavy atom. The second kappa shape index (κ2) is 6.53. The van der Waals surface area contributed by atoms with Crippen LogP contribution in [0.25, 0.3) is 16.8 Å². The van der Waals surface area contributed by atoms with Gasteiger partial charge in [0.15, 0.2) is 9.84 Å². The molecule has 3 aromatic rings. The van der Waals surface area contributed by atoms with Gasteiger partial charge in [-0.15, -0.1) is 0 Å². The topological polar surface area (TPSA) is 82.7 Å². The lowest BCUT2D eigenvalue weighted by atomic mass is 10.1. The summed E-state index contributed by atoms with van der Waals surface area (Å²) in [5, 5.41) is 0. The monoisotopic (exact) mass is 387 g/mol. The summed E-state index contributed by atoms with van der Waals surface area (Å²) in [7, 11) is -1.71. The summed E-state index contributed by atoms with van der Waals surface area (Å²) in [5.74, 6) is 1.18. The number of sulfone groups is 1. The Hall–Kier alpha value is -2.61. The molecule has 142 valence electrons. The van der Waals surface area contributed by atoms with E-state index in [4.69, 9.17) is 4.74 Å². The molecule has 0 unspecified atom stereocenters. The van der Waals surface area contributed by atoms with Gasteiger partial charge in [-0.25, -0.2) is 13.4 Å². The highest BCUT2D eigenvalue weighted by Gasteiger charge is 2.24. The summed E-state index contributed by atoms with van der Waals surface area (Å²) in [6, 6.07) is 4.91. The molecule has 7 nitrogen and oxygen atoms in total. The third-order valence-corrected chi connectivity index (χ3v) is 6.62. The Bertz CT molecular complexity index is 1170. The third kappa shape index (κ3) is 3.25. The van der Waals surface area contributed by atoms with Crippen LogP contribution in [-0.4, -0.2) is 34.7 Å². The number of rotatable bonds is 6. The van der Waals surface area contributed by atoms with E-state index >= 15 is 0 Å². The molecule has 27 heavy (non-hydrogen) atoms. The Balaban J connectivity index is 1.93. The van der Waals surface area contributed by atoms with Crippen molar-refractivity contribution in [2.24, 2.45) is 13.0 Å². The normalized spacial score (nSPS) is 14.6. The van der Waals surface area contributed by atoms with Gasteiger partial charge in [-0.3, -0.25) is 9.20 Å². The molecule has 0 saturated heterocycles. The summed E-state index contributed by atoms with van der Waals surface area (Å²) < 4.78 is 33.9. The van der Waals surface area contributed by atoms with E-state index in [9.17, 15) is 13.2 Å². The highest BCUT2D eigenvalue weighted by molar-refractivity contribution is 7.91. The minimum absolute atomic E-state index is 0.0163. The predicted molar refractivity (Wildman–Crippen MR) is 102 cm³/mol. The van der Waals surface area contributed by atoms with Gasteiger partial charge in [-0.2, -0.15) is 0 Å². The Kier molecular flexibility index (Phi) is 4.30. The van der Waals surface area contributed by atoms with Gasteiger partial charge < -0.3 is 9.30 Å². The largest absolute Gasteiger partial charge is 0.493 e. The van der Waals surface area contributed by atoms with Crippen molar-refractivity contribution in [1.29, 1.82) is 0 Å². The number of imidazole rings is 1. The third-order valence-electron chi connectivity index (χ3n) is 4.89. The van der Waals surface area contributed by atoms with Crippen molar-refractivity contribution in [2.75, 3.05) is 12.4 Å². The second-order valence-corrected chi connectivity index (χ2v) is 9.17. The highest BCUT2D eigenvalue weighted by Crippen LogP contribution is 2.35. The lowest BCUT2D eigenvalue weighted by Crippen LogP contribution is -2.19. The van der Waals surface area contributed by atoms with Gasteiger partial charge >= 0.3 is 0 Å². The van der Waals surface area contributed by atoms with Crippen LogP contribution in [0.1, 0.15) is 19.8 Å². The first kappa shape index (κ1) is 17.8. The average Bonchev–Trinajstić information content (AvgIpc) is 3.36. The van der Waals surface area contributed by atoms with Crippen LogP contribution in [0.15, 0.2) is 46.6 Å². The van der Waals surface area contributed by atoms with Gasteiger partial charge in [0.1, 0.15) is 11.3 Å². The molecule has 2 aromatic heterocycles. The van der Waals surface area contributed by atoms with Crippen molar-refractivity contribution < 1.29 is 13.2 Å². The summed E-state index contributed by atoms with van der Waals surface area (Å²) in [5.41, 5.74) is 1.54. The molecule has 1 aliphatic carbocycles. The first-order valence-corrected chi connectivity index (χ1v) is 10.6. The van der Waals surface area contributed by atoms with Gasteiger partial charge in [0.25, 0.3) is 5.56 Å². The molecule has 0 atom stereocenters. The molecular weight excluding hydrogens is 366 g/mol. The summed E-state index contributed by atoms with van der Waals surface area (Å²) in [6.45, 7) is 2.22. The SMILES string of the molecule is CCS(=O)(=O)c1ccc(OCC2CC2)c(-c2cn(C)c(=O)c3cncn23)c1. The van der Waals surface area contributed by atoms with Crippen LogP contribution in [0.3, 0.4) is 0 Å². The van der Waals surface area contributed by atoms with Gasteiger partial charge in [0.05, 0.1) is 35.5 Å². The first-order chi connectivity index (χ1) is 12.9. The summed E-state index contributed by atoms with van der Waals surface area (Å²) >= 11 is 0. The Labute approximate surface area is 157 Å². The number of hydrogen-bond donors (Lipinski definition) is 0. The molecule has 8 heteroatoms. The molecule has 0 amide bonds. The van der Waals surface area contributed by atoms with E-state index in [1.54, 1.807) is 49.1 Å². The molecule has 0 aliphatic heterocycles. The van der Waals surface area contributed by atoms with Crippen LogP contribution in [0.4, 0.5) is 0 Å². The minimum Gasteiger partial charge on any atom is -0.493 e. The Morgan fingerprint density at radius 3 is 2.78 bits per heavy atom. The molecule has 0 spiro atoms. The molecule has 1 aliphatic rings. The fraction of sp³-hybridized carbons (Fsp3) is 0.368. The smallest absolute Gasteiger partial charge is 0.276 e. The number of aromatic nitrogens is 3. The van der Waals surface area contributed by atoms with E-state index in [2.05, 4.69) is 4.98 Å². The van der Waals surface area contributed by atoms with Gasteiger partial charge in [0.2, 0.25) is 0 Å². The van der Waals surface area contributed by atoms with Crippen molar-refractivity contribution in [3.05, 3.63) is 47.3 Å². The first-order valence-electron chi connectivity index (χ1n) is 8.92. The van der Waals surface area contributed by atoms with Crippen LogP contribution in [-0.2, 0) is 16.9 Å². The fourth-order valence-electron chi connectivity index (χ4n) is 3.02. The lowest BCUT2D eigenvalue weighted by Gasteiger charge is -2.15. The van der Waals surface area contributed by atoms with Crippen LogP contribution in [0.2, 0.25) is 0 Å². The summed E-state index contributed by atoms with van der Waals surface area (Å²) in [6.07, 6.45) is 7.05. The quantitative estimate of drug-likeness (QED) is 0.648.